The van der Waals surface area contributed by atoms with Crippen LogP contribution in [-0.4, -0.2) is 66.2 Å². The van der Waals surface area contributed by atoms with E-state index in [0.717, 1.165) is 44.9 Å². The first-order valence-corrected chi connectivity index (χ1v) is 20.7. The summed E-state index contributed by atoms with van der Waals surface area (Å²) in [4.78, 5) is 83.8. The molecule has 57 heavy (non-hydrogen) atoms. The van der Waals surface area contributed by atoms with Crippen molar-refractivity contribution in [2.45, 2.75) is 205 Å². The monoisotopic (exact) mass is 834 g/mol. The van der Waals surface area contributed by atoms with E-state index in [2.05, 4.69) is 35.1 Å². The summed E-state index contributed by atoms with van der Waals surface area (Å²) in [6.07, 6.45) is 19.5. The van der Waals surface area contributed by atoms with Crippen molar-refractivity contribution >= 4 is 41.5 Å². The van der Waals surface area contributed by atoms with E-state index in [1.165, 1.54) is 57.8 Å². The molecule has 17 heteroatoms. The molecule has 4 amide bonds. The van der Waals surface area contributed by atoms with E-state index >= 15 is 0 Å². The number of amides is 4. The first-order valence-electron chi connectivity index (χ1n) is 20.7. The van der Waals surface area contributed by atoms with Crippen LogP contribution in [0.25, 0.3) is 0 Å². The van der Waals surface area contributed by atoms with Crippen molar-refractivity contribution in [3.8, 4) is 0 Å². The van der Waals surface area contributed by atoms with Crippen LogP contribution < -0.4 is 125 Å². The van der Waals surface area contributed by atoms with Gasteiger partial charge in [-0.15, -0.1) is 0 Å². The standard InChI is InChI=1S/C40H72N4O10.3Na/c1-3-5-7-9-11-13-15-17-19-24-35(46)43-32(39(51)52)26-28-34(45)41-30-22-21-23-31(38(49)50)42-37(48)29-27-33(40(53)54)44-36(47)25-20-18-16-14-12-10-8-6-4-2;;;/h31-33H,3-30H2,1-2H3,(H,41,45)(H,42,48)(H,43,46)(H,44,47)(H,49,50)(H,51,52)(H,53,54);;;/q;3*+1/p-3/t31-,32-,33-;;;/m0.../s1. The molecule has 0 bridgehead atoms. The minimum atomic E-state index is -1.54. The molecule has 0 aromatic heterocycles. The smallest absolute Gasteiger partial charge is 0.548 e. The number of aliphatic carboxylic acids is 3. The quantitative estimate of drug-likeness (QED) is 0.0341. The van der Waals surface area contributed by atoms with E-state index in [-0.39, 0.29) is 147 Å². The van der Waals surface area contributed by atoms with Gasteiger partial charge in [0.25, 0.3) is 0 Å². The number of carboxylic acids is 3. The molecule has 0 radical (unpaired) electrons. The maximum Gasteiger partial charge on any atom is 1.00 e. The molecule has 0 aliphatic heterocycles. The molecule has 0 aliphatic rings. The van der Waals surface area contributed by atoms with Gasteiger partial charge < -0.3 is 51.0 Å². The Balaban J connectivity index is -0.00000468. The average molecular weight is 835 g/mol. The Morgan fingerprint density at radius 3 is 1.02 bits per heavy atom. The molecular weight excluding hydrogens is 765 g/mol. The van der Waals surface area contributed by atoms with Gasteiger partial charge in [-0.1, -0.05) is 117 Å². The van der Waals surface area contributed by atoms with Crippen LogP contribution >= 0.6 is 0 Å². The molecule has 312 valence electrons. The van der Waals surface area contributed by atoms with Crippen molar-refractivity contribution in [2.75, 3.05) is 6.54 Å². The molecule has 0 saturated heterocycles. The molecule has 0 unspecified atom stereocenters. The number of rotatable bonds is 37. The Bertz CT molecular complexity index is 1100. The fourth-order valence-corrected chi connectivity index (χ4v) is 6.08. The van der Waals surface area contributed by atoms with Crippen molar-refractivity contribution in [2.24, 2.45) is 0 Å². The zero-order chi connectivity index (χ0) is 40.4. The third-order valence-electron chi connectivity index (χ3n) is 9.44. The fourth-order valence-electron chi connectivity index (χ4n) is 6.08. The van der Waals surface area contributed by atoms with Gasteiger partial charge in [0, 0.05) is 32.2 Å². The van der Waals surface area contributed by atoms with Crippen molar-refractivity contribution in [3.63, 3.8) is 0 Å². The summed E-state index contributed by atoms with van der Waals surface area (Å²) in [6, 6.07) is -4.04. The fraction of sp³-hybridized carbons (Fsp3) is 0.825. The number of nitrogens with one attached hydrogen (secondary N) is 4. The number of hydrogen-bond donors (Lipinski definition) is 4. The molecule has 0 aromatic carbocycles. The van der Waals surface area contributed by atoms with E-state index < -0.39 is 59.7 Å². The van der Waals surface area contributed by atoms with E-state index in [9.17, 15) is 48.9 Å². The van der Waals surface area contributed by atoms with Gasteiger partial charge in [0.1, 0.15) is 0 Å². The number of carbonyl (C=O) groups is 7. The van der Waals surface area contributed by atoms with Crippen LogP contribution in [-0.2, 0) is 33.6 Å². The van der Waals surface area contributed by atoms with Gasteiger partial charge in [-0.25, -0.2) is 0 Å². The van der Waals surface area contributed by atoms with Crippen LogP contribution in [0.2, 0.25) is 0 Å². The topological polar surface area (TPSA) is 237 Å². The van der Waals surface area contributed by atoms with Crippen LogP contribution in [0.15, 0.2) is 0 Å². The van der Waals surface area contributed by atoms with Gasteiger partial charge in [0.05, 0.1) is 36.0 Å². The number of carboxylic acid groups (broad SMARTS) is 3. The Morgan fingerprint density at radius 1 is 0.368 bits per heavy atom. The van der Waals surface area contributed by atoms with Crippen LogP contribution in [0.1, 0.15) is 187 Å². The van der Waals surface area contributed by atoms with Gasteiger partial charge in [-0.05, 0) is 44.9 Å². The first-order chi connectivity index (χ1) is 25.9. The number of carbonyl (C=O) groups excluding carboxylic acids is 7. The molecular formula is C40H69N4Na3O10. The number of unbranched alkanes of at least 4 members (excludes halogenated alkanes) is 17. The molecule has 0 fully saturated rings. The normalized spacial score (nSPS) is 12.0. The summed E-state index contributed by atoms with van der Waals surface area (Å²) in [7, 11) is 0. The van der Waals surface area contributed by atoms with Crippen LogP contribution in [0, 0.1) is 0 Å². The first kappa shape index (κ1) is 62.9. The van der Waals surface area contributed by atoms with Gasteiger partial charge in [-0.2, -0.15) is 0 Å². The summed E-state index contributed by atoms with van der Waals surface area (Å²) >= 11 is 0. The second-order valence-corrected chi connectivity index (χ2v) is 14.4. The minimum absolute atomic E-state index is 0. The summed E-state index contributed by atoms with van der Waals surface area (Å²) in [5, 5.41) is 44.4. The molecule has 0 aromatic rings. The average Bonchev–Trinajstić information content (AvgIpc) is 3.12. The van der Waals surface area contributed by atoms with Crippen molar-refractivity contribution in [3.05, 3.63) is 0 Å². The SMILES string of the molecule is CCCCCCCCCCCC(=O)N[C@@H](CCC(=O)NCCCC[C@H](NC(=O)CC[C@H](NC(=O)CCCCCCCCCCC)C(=O)[O-])C(=O)[O-])C(=O)[O-].[Na+].[Na+].[Na+]. The summed E-state index contributed by atoms with van der Waals surface area (Å²) in [5.41, 5.74) is 0. The Kier molecular flexibility index (Phi) is 47.9. The van der Waals surface area contributed by atoms with Gasteiger partial charge in [0.15, 0.2) is 0 Å². The predicted octanol–water partition coefficient (Wildman–Crippen LogP) is -6.61. The van der Waals surface area contributed by atoms with Gasteiger partial charge in [-0.3, -0.25) is 19.2 Å². The van der Waals surface area contributed by atoms with E-state index in [1.807, 2.05) is 0 Å². The van der Waals surface area contributed by atoms with E-state index in [1.54, 1.807) is 0 Å². The molecule has 0 aliphatic carbocycles. The van der Waals surface area contributed by atoms with Gasteiger partial charge in [0.2, 0.25) is 23.6 Å². The second kappa shape index (κ2) is 43.4. The molecule has 4 N–H and O–H groups in total. The Hall–Kier alpha value is -0.710. The zero-order valence-electron chi connectivity index (χ0n) is 36.1. The van der Waals surface area contributed by atoms with Crippen molar-refractivity contribution in [1.29, 1.82) is 0 Å². The van der Waals surface area contributed by atoms with Crippen molar-refractivity contribution in [1.82, 2.24) is 21.3 Å². The van der Waals surface area contributed by atoms with Crippen LogP contribution in [0.3, 0.4) is 0 Å². The van der Waals surface area contributed by atoms with Crippen LogP contribution in [0.5, 0.6) is 0 Å². The molecule has 14 nitrogen and oxygen atoms in total. The molecule has 0 saturated carbocycles. The maximum atomic E-state index is 12.4. The second-order valence-electron chi connectivity index (χ2n) is 14.4. The molecule has 0 spiro atoms. The largest absolute Gasteiger partial charge is 1.00 e. The van der Waals surface area contributed by atoms with Gasteiger partial charge >= 0.3 is 88.7 Å². The molecule has 0 heterocycles. The third-order valence-corrected chi connectivity index (χ3v) is 9.44. The number of hydrogen-bond acceptors (Lipinski definition) is 10. The van der Waals surface area contributed by atoms with E-state index in [0.29, 0.717) is 19.3 Å². The predicted molar refractivity (Wildman–Crippen MR) is 200 cm³/mol. The third kappa shape index (κ3) is 39.2. The van der Waals surface area contributed by atoms with Crippen LogP contribution in [0.4, 0.5) is 0 Å². The summed E-state index contributed by atoms with van der Waals surface area (Å²) in [6.45, 7) is 4.51. The maximum absolute atomic E-state index is 12.4. The molecule has 0 rings (SSSR count). The summed E-state index contributed by atoms with van der Waals surface area (Å²) in [5.74, 6) is -6.54. The zero-order valence-corrected chi connectivity index (χ0v) is 42.1. The minimum Gasteiger partial charge on any atom is -0.548 e. The Labute approximate surface area is 408 Å². The Morgan fingerprint density at radius 2 is 0.667 bits per heavy atom. The summed E-state index contributed by atoms with van der Waals surface area (Å²) < 4.78 is 0. The van der Waals surface area contributed by atoms with Crippen molar-refractivity contribution < 1.29 is 138 Å². The van der Waals surface area contributed by atoms with E-state index in [4.69, 9.17) is 0 Å². The molecule has 3 atom stereocenters.